The highest BCUT2D eigenvalue weighted by atomic mass is 127. The van der Waals surface area contributed by atoms with E-state index in [2.05, 4.69) is 20.4 Å². The lowest BCUT2D eigenvalue weighted by Gasteiger charge is -2.21. The summed E-state index contributed by atoms with van der Waals surface area (Å²) in [6, 6.07) is 0. The Labute approximate surface area is 187 Å². The average Bonchev–Trinajstić information content (AvgIpc) is 3.21. The molecule has 2 heterocycles. The van der Waals surface area contributed by atoms with Crippen LogP contribution in [-0.2, 0) is 37.7 Å². The summed E-state index contributed by atoms with van der Waals surface area (Å²) in [5.41, 5.74) is 1.30. The van der Waals surface area contributed by atoms with Crippen LogP contribution >= 0.6 is 35.3 Å². The molecule has 1 N–H and O–H groups in total. The third-order valence-corrected chi connectivity index (χ3v) is 5.91. The van der Waals surface area contributed by atoms with Crippen LogP contribution in [0, 0.1) is 6.92 Å². The molecule has 28 heavy (non-hydrogen) atoms. The summed E-state index contributed by atoms with van der Waals surface area (Å²) < 4.78 is 7.12. The molecule has 2 aromatic rings. The Bertz CT molecular complexity index is 765. The monoisotopic (exact) mass is 519 g/mol. The number of guanidine groups is 1. The zero-order valence-electron chi connectivity index (χ0n) is 17.1. The maximum atomic E-state index is 5.16. The van der Waals surface area contributed by atoms with Gasteiger partial charge in [-0.2, -0.15) is 0 Å². The summed E-state index contributed by atoms with van der Waals surface area (Å²) in [4.78, 5) is 13.2. The number of aliphatic imine (C=N–C) groups is 1. The van der Waals surface area contributed by atoms with Gasteiger partial charge < -0.3 is 19.5 Å². The summed E-state index contributed by atoms with van der Waals surface area (Å²) >= 11 is 1.84. The zero-order valence-corrected chi connectivity index (χ0v) is 20.2. The Morgan fingerprint density at radius 2 is 2.11 bits per heavy atom. The molecule has 8 nitrogen and oxygen atoms in total. The second kappa shape index (κ2) is 11.1. The van der Waals surface area contributed by atoms with Crippen LogP contribution in [0.1, 0.15) is 40.1 Å². The van der Waals surface area contributed by atoms with E-state index in [0.29, 0.717) is 19.7 Å². The fraction of sp³-hybridized carbons (Fsp3) is 0.667. The number of thiazole rings is 1. The number of aryl methyl sites for hydroxylation is 3. The lowest BCUT2D eigenvalue weighted by atomic mass is 10.0. The minimum absolute atomic E-state index is 0. The largest absolute Gasteiger partial charge is 0.383 e. The van der Waals surface area contributed by atoms with E-state index in [4.69, 9.17) is 14.7 Å². The van der Waals surface area contributed by atoms with Gasteiger partial charge in [-0.25, -0.2) is 9.98 Å². The Morgan fingerprint density at radius 3 is 2.79 bits per heavy atom. The first-order valence-corrected chi connectivity index (χ1v) is 10.2. The van der Waals surface area contributed by atoms with Crippen molar-refractivity contribution in [2.75, 3.05) is 27.3 Å². The molecule has 0 fully saturated rings. The first-order chi connectivity index (χ1) is 13.1. The number of methoxy groups -OCH3 is 1. The predicted octanol–water partition coefficient (Wildman–Crippen LogP) is 2.30. The molecular weight excluding hydrogens is 489 g/mol. The van der Waals surface area contributed by atoms with Crippen LogP contribution in [0.4, 0.5) is 0 Å². The van der Waals surface area contributed by atoms with E-state index in [0.717, 1.165) is 35.6 Å². The van der Waals surface area contributed by atoms with E-state index in [9.17, 15) is 0 Å². The van der Waals surface area contributed by atoms with Crippen molar-refractivity contribution in [2.24, 2.45) is 12.0 Å². The predicted molar refractivity (Wildman–Crippen MR) is 122 cm³/mol. The summed E-state index contributed by atoms with van der Waals surface area (Å²) in [5.74, 6) is 2.55. The molecule has 0 amide bonds. The number of rotatable bonds is 7. The van der Waals surface area contributed by atoms with Gasteiger partial charge in [-0.05, 0) is 32.6 Å². The molecule has 0 saturated heterocycles. The normalized spacial score (nSPS) is 13.8. The van der Waals surface area contributed by atoms with Gasteiger partial charge in [0.2, 0.25) is 0 Å². The maximum Gasteiger partial charge on any atom is 0.194 e. The van der Waals surface area contributed by atoms with Gasteiger partial charge in [0, 0.05) is 32.6 Å². The lowest BCUT2D eigenvalue weighted by molar-refractivity contribution is 0.203. The Morgan fingerprint density at radius 1 is 1.32 bits per heavy atom. The number of ether oxygens (including phenoxy) is 1. The number of nitrogens with zero attached hydrogens (tertiary/aromatic N) is 6. The summed E-state index contributed by atoms with van der Waals surface area (Å²) in [7, 11) is 5.70. The molecule has 3 rings (SSSR count). The number of aromatic nitrogens is 4. The second-order valence-electron chi connectivity index (χ2n) is 6.82. The Kier molecular flexibility index (Phi) is 9.09. The third-order valence-electron chi connectivity index (χ3n) is 4.77. The van der Waals surface area contributed by atoms with Gasteiger partial charge in [-0.15, -0.1) is 45.5 Å². The second-order valence-corrected chi connectivity index (χ2v) is 7.99. The molecule has 156 valence electrons. The first-order valence-electron chi connectivity index (χ1n) is 9.39. The van der Waals surface area contributed by atoms with Crippen LogP contribution < -0.4 is 5.32 Å². The van der Waals surface area contributed by atoms with Crippen molar-refractivity contribution in [1.82, 2.24) is 30.0 Å². The van der Waals surface area contributed by atoms with Crippen molar-refractivity contribution >= 4 is 41.3 Å². The number of nitrogens with one attached hydrogen (secondary N) is 1. The molecule has 0 bridgehead atoms. The van der Waals surface area contributed by atoms with Gasteiger partial charge in [0.1, 0.15) is 17.4 Å². The SMILES string of the molecule is COCCNC(=NCc1nnc(C)n1C)N(C)Cc1nc2c(s1)CCCC2.I. The highest BCUT2D eigenvalue weighted by molar-refractivity contribution is 14.0. The van der Waals surface area contributed by atoms with E-state index in [1.165, 1.54) is 29.8 Å². The van der Waals surface area contributed by atoms with E-state index in [1.54, 1.807) is 7.11 Å². The molecule has 10 heteroatoms. The molecule has 0 saturated carbocycles. The number of hydrogen-bond donors (Lipinski definition) is 1. The van der Waals surface area contributed by atoms with Crippen molar-refractivity contribution in [2.45, 2.75) is 45.7 Å². The molecule has 0 spiro atoms. The van der Waals surface area contributed by atoms with Gasteiger partial charge >= 0.3 is 0 Å². The van der Waals surface area contributed by atoms with Crippen molar-refractivity contribution in [1.29, 1.82) is 0 Å². The van der Waals surface area contributed by atoms with Crippen LogP contribution in [0.2, 0.25) is 0 Å². The van der Waals surface area contributed by atoms with E-state index < -0.39 is 0 Å². The standard InChI is InChI=1S/C18H29N7OS.HI/c1-13-22-23-16(25(13)3)11-20-18(19-9-10-26-4)24(2)12-17-21-14-7-5-6-8-15(14)27-17;/h5-12H2,1-4H3,(H,19,20);1H. The quantitative estimate of drug-likeness (QED) is 0.262. The van der Waals surface area contributed by atoms with E-state index in [-0.39, 0.29) is 24.0 Å². The average molecular weight is 519 g/mol. The minimum Gasteiger partial charge on any atom is -0.383 e. The van der Waals surface area contributed by atoms with Gasteiger partial charge in [-0.1, -0.05) is 0 Å². The highest BCUT2D eigenvalue weighted by Crippen LogP contribution is 2.27. The molecule has 0 unspecified atom stereocenters. The Hall–Kier alpha value is -1.27. The summed E-state index contributed by atoms with van der Waals surface area (Å²) in [5, 5.41) is 12.8. The van der Waals surface area contributed by atoms with Crippen molar-refractivity contribution in [3.05, 3.63) is 27.2 Å². The zero-order chi connectivity index (χ0) is 19.2. The van der Waals surface area contributed by atoms with Crippen LogP contribution in [0.15, 0.2) is 4.99 Å². The first kappa shape index (κ1) is 23.0. The molecule has 1 aliphatic rings. The van der Waals surface area contributed by atoms with Crippen LogP contribution in [0.5, 0.6) is 0 Å². The molecule has 0 radical (unpaired) electrons. The molecule has 2 aromatic heterocycles. The van der Waals surface area contributed by atoms with E-state index in [1.807, 2.05) is 36.9 Å². The maximum absolute atomic E-state index is 5.16. The number of halogens is 1. The summed E-state index contributed by atoms with van der Waals surface area (Å²) in [6.45, 7) is 4.49. The summed E-state index contributed by atoms with van der Waals surface area (Å²) in [6.07, 6.45) is 4.84. The third kappa shape index (κ3) is 5.86. The molecule has 0 aromatic carbocycles. The highest BCUT2D eigenvalue weighted by Gasteiger charge is 2.17. The van der Waals surface area contributed by atoms with E-state index >= 15 is 0 Å². The Balaban J connectivity index is 0.00000280. The minimum atomic E-state index is 0. The molecule has 1 aliphatic carbocycles. The fourth-order valence-corrected chi connectivity index (χ4v) is 4.27. The van der Waals surface area contributed by atoms with Crippen molar-refractivity contribution in [3.8, 4) is 0 Å². The van der Waals surface area contributed by atoms with Gasteiger partial charge in [0.05, 0.1) is 18.8 Å². The van der Waals surface area contributed by atoms with Crippen molar-refractivity contribution < 1.29 is 4.74 Å². The molecule has 0 aliphatic heterocycles. The fourth-order valence-electron chi connectivity index (χ4n) is 3.06. The smallest absolute Gasteiger partial charge is 0.194 e. The van der Waals surface area contributed by atoms with Crippen LogP contribution in [-0.4, -0.2) is 57.9 Å². The topological polar surface area (TPSA) is 80.5 Å². The van der Waals surface area contributed by atoms with Gasteiger partial charge in [-0.3, -0.25) is 0 Å². The lowest BCUT2D eigenvalue weighted by Crippen LogP contribution is -2.40. The van der Waals surface area contributed by atoms with Crippen LogP contribution in [0.25, 0.3) is 0 Å². The van der Waals surface area contributed by atoms with Gasteiger partial charge in [0.15, 0.2) is 11.8 Å². The molecule has 0 atom stereocenters. The number of fused-ring (bicyclic) bond motifs is 1. The van der Waals surface area contributed by atoms with Crippen molar-refractivity contribution in [3.63, 3.8) is 0 Å². The van der Waals surface area contributed by atoms with Crippen LogP contribution in [0.3, 0.4) is 0 Å². The number of hydrogen-bond acceptors (Lipinski definition) is 6. The van der Waals surface area contributed by atoms with Gasteiger partial charge in [0.25, 0.3) is 0 Å². The molecular formula is C18H30IN7OS.